The smallest absolute Gasteiger partial charge is 0.410 e. The van der Waals surface area contributed by atoms with Crippen molar-refractivity contribution in [2.75, 3.05) is 45.7 Å². The number of hydrogen-bond acceptors (Lipinski definition) is 12. The number of carbonyl (C=O) groups excluding carboxylic acids is 5. The first kappa shape index (κ1) is 46.6. The van der Waals surface area contributed by atoms with E-state index in [0.29, 0.717) is 38.2 Å². The number of anilines is 1. The molecule has 348 valence electrons. The molecule has 2 aliphatic carbocycles. The van der Waals surface area contributed by atoms with Crippen LogP contribution in [0.5, 0.6) is 5.75 Å². The van der Waals surface area contributed by atoms with Gasteiger partial charge in [-0.3, -0.25) is 19.3 Å². The van der Waals surface area contributed by atoms with E-state index in [2.05, 4.69) is 27.3 Å². The first-order valence-corrected chi connectivity index (χ1v) is 23.8. The van der Waals surface area contributed by atoms with Crippen LogP contribution in [0.15, 0.2) is 53.9 Å². The summed E-state index contributed by atoms with van der Waals surface area (Å²) in [4.78, 5) is 74.6. The fourth-order valence-electron chi connectivity index (χ4n) is 9.02. The van der Waals surface area contributed by atoms with E-state index in [1.807, 2.05) is 37.2 Å². The van der Waals surface area contributed by atoms with E-state index < -0.39 is 80.3 Å². The summed E-state index contributed by atoms with van der Waals surface area (Å²) >= 11 is 0. The third kappa shape index (κ3) is 11.1. The maximum Gasteiger partial charge on any atom is 0.410 e. The van der Waals surface area contributed by atoms with E-state index in [1.165, 1.54) is 21.9 Å². The van der Waals surface area contributed by atoms with Crippen molar-refractivity contribution in [1.29, 1.82) is 0 Å². The van der Waals surface area contributed by atoms with Crippen molar-refractivity contribution in [3.8, 4) is 5.75 Å². The zero-order valence-electron chi connectivity index (χ0n) is 36.6. The molecular formula is C45H60FN7O10S. The van der Waals surface area contributed by atoms with Gasteiger partial charge in [0.1, 0.15) is 52.9 Å². The van der Waals surface area contributed by atoms with Crippen LogP contribution in [0.4, 0.5) is 19.7 Å². The summed E-state index contributed by atoms with van der Waals surface area (Å²) in [7, 11) is -0.761. The molecule has 0 unspecified atom stereocenters. The average Bonchev–Trinajstić information content (AvgIpc) is 3.63. The first-order chi connectivity index (χ1) is 30.6. The van der Waals surface area contributed by atoms with Gasteiger partial charge in [0, 0.05) is 38.5 Å². The Labute approximate surface area is 373 Å². The van der Waals surface area contributed by atoms with Gasteiger partial charge in [-0.15, -0.1) is 6.58 Å². The summed E-state index contributed by atoms with van der Waals surface area (Å²) in [5, 5.41) is 8.55. The van der Waals surface area contributed by atoms with Crippen molar-refractivity contribution in [1.82, 2.24) is 30.1 Å². The van der Waals surface area contributed by atoms with E-state index in [-0.39, 0.29) is 50.7 Å². The average molecular weight is 910 g/mol. The van der Waals surface area contributed by atoms with Crippen LogP contribution >= 0.6 is 0 Å². The van der Waals surface area contributed by atoms with Crippen LogP contribution in [0.25, 0.3) is 0 Å². The lowest BCUT2D eigenvalue weighted by Crippen LogP contribution is -2.58. The van der Waals surface area contributed by atoms with Gasteiger partial charge in [0.25, 0.3) is 15.9 Å². The molecule has 1 saturated heterocycles. The highest BCUT2D eigenvalue weighted by molar-refractivity contribution is 7.90. The van der Waals surface area contributed by atoms with Crippen molar-refractivity contribution >= 4 is 45.6 Å². The lowest BCUT2D eigenvalue weighted by atomic mass is 10.0. The minimum Gasteiger partial charge on any atom is -0.492 e. The molecule has 0 bridgehead atoms. The van der Waals surface area contributed by atoms with Gasteiger partial charge >= 0.3 is 12.2 Å². The van der Waals surface area contributed by atoms with Crippen LogP contribution in [0.2, 0.25) is 0 Å². The molecule has 2 aromatic carbocycles. The number of benzene rings is 2. The van der Waals surface area contributed by atoms with Gasteiger partial charge in [0.2, 0.25) is 11.8 Å². The number of alkyl carbamates (subject to hydrolysis) is 1. The maximum atomic E-state index is 14.7. The fraction of sp³-hybridized carbons (Fsp3) is 0.578. The fourth-order valence-corrected chi connectivity index (χ4v) is 10.2. The Morgan fingerprint density at radius 1 is 0.953 bits per heavy atom. The zero-order valence-corrected chi connectivity index (χ0v) is 37.4. The number of nitrogens with one attached hydrogen (secondary N) is 4. The van der Waals surface area contributed by atoms with Crippen molar-refractivity contribution in [3.63, 3.8) is 0 Å². The zero-order chi connectivity index (χ0) is 45.6. The van der Waals surface area contributed by atoms with E-state index in [1.54, 1.807) is 0 Å². The van der Waals surface area contributed by atoms with Crippen LogP contribution in [0.3, 0.4) is 0 Å². The number of carbonyl (C=O) groups is 5. The predicted octanol–water partition coefficient (Wildman–Crippen LogP) is 4.56. The number of rotatable bonds is 8. The summed E-state index contributed by atoms with van der Waals surface area (Å²) in [5.74, 6) is -3.29. The normalized spacial score (nSPS) is 26.5. The molecule has 0 radical (unpaired) electrons. The largest absolute Gasteiger partial charge is 0.492 e. The highest BCUT2D eigenvalue weighted by Crippen LogP contribution is 2.45. The van der Waals surface area contributed by atoms with Crippen LogP contribution in [0, 0.1) is 11.7 Å². The second kappa shape index (κ2) is 20.2. The highest BCUT2D eigenvalue weighted by Gasteiger charge is 2.61. The molecule has 0 aromatic heterocycles. The van der Waals surface area contributed by atoms with Gasteiger partial charge < -0.3 is 40.0 Å². The summed E-state index contributed by atoms with van der Waals surface area (Å²) in [6, 6.07) is 6.51. The van der Waals surface area contributed by atoms with E-state index in [0.717, 1.165) is 68.3 Å². The highest BCUT2D eigenvalue weighted by atomic mass is 32.2. The second-order valence-electron chi connectivity index (χ2n) is 17.8. The van der Waals surface area contributed by atoms with Crippen molar-refractivity contribution in [2.24, 2.45) is 5.92 Å². The summed E-state index contributed by atoms with van der Waals surface area (Å²) in [6.07, 6.45) is 5.55. The summed E-state index contributed by atoms with van der Waals surface area (Å²) < 4.78 is 61.7. The molecule has 3 fully saturated rings. The molecule has 3 aliphatic heterocycles. The molecule has 2 saturated carbocycles. The number of fused-ring (bicyclic) bond motifs is 3. The molecule has 5 aliphatic rings. The molecule has 7 rings (SSSR count). The summed E-state index contributed by atoms with van der Waals surface area (Å²) in [5.41, 5.74) is 0.151. The Hall–Kier alpha value is -5.43. The molecule has 3 heterocycles. The van der Waals surface area contributed by atoms with Crippen LogP contribution < -0.4 is 25.4 Å². The maximum absolute atomic E-state index is 14.7. The minimum atomic E-state index is -4.67. The molecule has 64 heavy (non-hydrogen) atoms. The lowest BCUT2D eigenvalue weighted by molar-refractivity contribution is -0.141. The van der Waals surface area contributed by atoms with Gasteiger partial charge in [-0.1, -0.05) is 37.8 Å². The topological polar surface area (TPSA) is 205 Å². The molecule has 5 amide bonds. The third-order valence-electron chi connectivity index (χ3n) is 12.7. The SMILES string of the molecule is C=C[C@@H]1C[C@@]12NC(=O)[C@@H]1C[C@@H](OC(=O)N3Cc4ccc(OCCN(C)C)cc4C3)CN1C(=O)[C@@H](NC(=O)OC1CCCC1)CCCCCCCNc1ccc(F)cc1S(=O)(=O)NC2=O. The minimum absolute atomic E-state index is 0.00789. The number of amides is 5. The molecule has 4 N–H and O–H groups in total. The van der Waals surface area contributed by atoms with Crippen molar-refractivity contribution < 1.29 is 51.0 Å². The number of ether oxygens (including phenoxy) is 3. The molecule has 5 atom stereocenters. The Morgan fingerprint density at radius 3 is 2.44 bits per heavy atom. The van der Waals surface area contributed by atoms with E-state index in [4.69, 9.17) is 14.2 Å². The number of nitrogens with zero attached hydrogens (tertiary/aromatic N) is 3. The molecule has 1 spiro atoms. The molecule has 17 nitrogen and oxygen atoms in total. The Morgan fingerprint density at radius 2 is 1.69 bits per heavy atom. The second-order valence-corrected chi connectivity index (χ2v) is 19.4. The van der Waals surface area contributed by atoms with Gasteiger partial charge in [0.05, 0.1) is 12.2 Å². The number of halogens is 1. The standard InChI is InChI=1S/C45H60FN7O10S/c1-4-31-25-45(31)42(56)50-64(59,60)39-23-32(46)16-18-36(39)47-19-11-7-5-6-8-14-37(48-43(57)62-33-12-9-10-13-33)41(55)53-28-35(24-38(53)40(54)49-45)63-44(58)52-26-29-15-17-34(22-30(29)27-52)61-21-20-51(2)3/h4,15-18,22-23,31,33,35,37-38,47H,1,5-14,19-21,24-28H2,2-3H3,(H,48,57)(H,49,54)(H,50,56)/t31-,35-,37+,38+,45-/m1/s1. The lowest BCUT2D eigenvalue weighted by Gasteiger charge is -2.30. The van der Waals surface area contributed by atoms with E-state index in [9.17, 15) is 36.8 Å². The van der Waals surface area contributed by atoms with Gasteiger partial charge in [0.15, 0.2) is 0 Å². The van der Waals surface area contributed by atoms with Gasteiger partial charge in [-0.05, 0) is 100 Å². The van der Waals surface area contributed by atoms with Gasteiger partial charge in [-0.2, -0.15) is 0 Å². The Kier molecular flexibility index (Phi) is 14.7. The van der Waals surface area contributed by atoms with Crippen LogP contribution in [-0.4, -0.2) is 123 Å². The van der Waals surface area contributed by atoms with Gasteiger partial charge in [-0.25, -0.2) is 27.1 Å². The Bertz CT molecular complexity index is 2200. The van der Waals surface area contributed by atoms with Crippen LogP contribution in [-0.2, 0) is 47.0 Å². The molecule has 2 aromatic rings. The van der Waals surface area contributed by atoms with Crippen molar-refractivity contribution in [3.05, 3.63) is 66.0 Å². The summed E-state index contributed by atoms with van der Waals surface area (Å²) in [6.45, 7) is 5.69. The Balaban J connectivity index is 1.13. The number of likely N-dealkylation sites (N-methyl/N-ethyl adjacent to an activating group) is 1. The predicted molar refractivity (Wildman–Crippen MR) is 233 cm³/mol. The third-order valence-corrected chi connectivity index (χ3v) is 14.1. The van der Waals surface area contributed by atoms with Crippen molar-refractivity contribution in [2.45, 2.75) is 125 Å². The first-order valence-electron chi connectivity index (χ1n) is 22.3. The monoisotopic (exact) mass is 909 g/mol. The molecule has 19 heteroatoms. The van der Waals surface area contributed by atoms with Crippen LogP contribution in [0.1, 0.15) is 88.2 Å². The number of sulfonamides is 1. The quantitative estimate of drug-likeness (QED) is 0.270. The molecular weight excluding hydrogens is 850 g/mol. The number of hydrogen-bond donors (Lipinski definition) is 4. The van der Waals surface area contributed by atoms with E-state index >= 15 is 0 Å².